The average molecular weight is 329 g/mol. The molecule has 0 aliphatic heterocycles. The van der Waals surface area contributed by atoms with Gasteiger partial charge in [-0.25, -0.2) is 8.78 Å². The fourth-order valence-corrected chi connectivity index (χ4v) is 2.09. The molecule has 0 unspecified atom stereocenters. The molecular weight excluding hydrogens is 316 g/mol. The molecular formula is C17H13F2N3O2. The summed E-state index contributed by atoms with van der Waals surface area (Å²) in [5, 5.41) is 9.82. The Bertz CT molecular complexity index is 876. The summed E-state index contributed by atoms with van der Waals surface area (Å²) in [7, 11) is 0. The van der Waals surface area contributed by atoms with Crippen LogP contribution in [-0.4, -0.2) is 16.1 Å². The Morgan fingerprint density at radius 3 is 2.58 bits per heavy atom. The molecule has 1 aromatic heterocycles. The highest BCUT2D eigenvalue weighted by molar-refractivity contribution is 6.03. The first-order valence-corrected chi connectivity index (χ1v) is 7.15. The Labute approximate surface area is 136 Å². The fraction of sp³-hybridized carbons (Fsp3) is 0.118. The van der Waals surface area contributed by atoms with E-state index in [-0.39, 0.29) is 11.6 Å². The molecule has 7 heteroatoms. The number of rotatable bonds is 4. The second kappa shape index (κ2) is 6.57. The Kier molecular flexibility index (Phi) is 4.33. The SMILES string of the molecule is Cc1ccc(Cc2nnc(NC(=O)c3ccc(F)cc3F)o2)cc1. The lowest BCUT2D eigenvalue weighted by Gasteiger charge is -2.02. The minimum Gasteiger partial charge on any atom is -0.407 e. The maximum atomic E-state index is 13.6. The third-order valence-corrected chi connectivity index (χ3v) is 3.34. The molecule has 2 aromatic carbocycles. The van der Waals surface area contributed by atoms with Crippen LogP contribution in [0.1, 0.15) is 27.4 Å². The van der Waals surface area contributed by atoms with Gasteiger partial charge in [0.2, 0.25) is 5.89 Å². The van der Waals surface area contributed by atoms with Crippen LogP contribution in [0.15, 0.2) is 46.9 Å². The minimum atomic E-state index is -0.966. The molecule has 0 radical (unpaired) electrons. The van der Waals surface area contributed by atoms with Crippen LogP contribution in [0, 0.1) is 18.6 Å². The molecule has 24 heavy (non-hydrogen) atoms. The minimum absolute atomic E-state index is 0.147. The van der Waals surface area contributed by atoms with Crippen molar-refractivity contribution in [1.29, 1.82) is 0 Å². The van der Waals surface area contributed by atoms with Gasteiger partial charge in [0.15, 0.2) is 0 Å². The van der Waals surface area contributed by atoms with Crippen molar-refractivity contribution in [3.63, 3.8) is 0 Å². The summed E-state index contributed by atoms with van der Waals surface area (Å²) in [5.74, 6) is -2.21. The Balaban J connectivity index is 1.69. The Morgan fingerprint density at radius 1 is 1.12 bits per heavy atom. The van der Waals surface area contributed by atoms with Gasteiger partial charge in [0.25, 0.3) is 5.91 Å². The van der Waals surface area contributed by atoms with Crippen molar-refractivity contribution in [2.24, 2.45) is 0 Å². The van der Waals surface area contributed by atoms with E-state index in [1.807, 2.05) is 31.2 Å². The molecule has 122 valence electrons. The fourth-order valence-electron chi connectivity index (χ4n) is 2.09. The molecule has 0 saturated carbocycles. The smallest absolute Gasteiger partial charge is 0.322 e. The lowest BCUT2D eigenvalue weighted by Crippen LogP contribution is -2.14. The Hall–Kier alpha value is -3.09. The van der Waals surface area contributed by atoms with Gasteiger partial charge in [0.1, 0.15) is 11.6 Å². The third kappa shape index (κ3) is 3.62. The van der Waals surface area contributed by atoms with Crippen molar-refractivity contribution in [2.75, 3.05) is 5.32 Å². The normalized spacial score (nSPS) is 10.6. The quantitative estimate of drug-likeness (QED) is 0.795. The van der Waals surface area contributed by atoms with E-state index in [9.17, 15) is 13.6 Å². The highest BCUT2D eigenvalue weighted by Gasteiger charge is 2.16. The number of benzene rings is 2. The zero-order valence-electron chi connectivity index (χ0n) is 12.7. The van der Waals surface area contributed by atoms with Crippen molar-refractivity contribution in [2.45, 2.75) is 13.3 Å². The predicted octanol–water partition coefficient (Wildman–Crippen LogP) is 3.50. The number of aromatic nitrogens is 2. The van der Waals surface area contributed by atoms with Gasteiger partial charge in [-0.2, -0.15) is 0 Å². The second-order valence-electron chi connectivity index (χ2n) is 5.24. The number of nitrogens with one attached hydrogen (secondary N) is 1. The molecule has 1 amide bonds. The molecule has 0 saturated heterocycles. The van der Waals surface area contributed by atoms with E-state index in [0.29, 0.717) is 18.4 Å². The van der Waals surface area contributed by atoms with E-state index >= 15 is 0 Å². The standard InChI is InChI=1S/C17H13F2N3O2/c1-10-2-4-11(5-3-10)8-15-21-22-17(24-15)20-16(23)13-7-6-12(18)9-14(13)19/h2-7,9H,8H2,1H3,(H,20,22,23). The molecule has 3 aromatic rings. The van der Waals surface area contributed by atoms with Crippen LogP contribution >= 0.6 is 0 Å². The van der Waals surface area contributed by atoms with Gasteiger partial charge in [-0.15, -0.1) is 5.10 Å². The van der Waals surface area contributed by atoms with Crippen LogP contribution in [0.2, 0.25) is 0 Å². The third-order valence-electron chi connectivity index (χ3n) is 3.34. The molecule has 0 spiro atoms. The van der Waals surface area contributed by atoms with Crippen LogP contribution in [0.25, 0.3) is 0 Å². The first-order chi connectivity index (χ1) is 11.5. The summed E-state index contributed by atoms with van der Waals surface area (Å²) in [6.45, 7) is 1.98. The van der Waals surface area contributed by atoms with E-state index in [0.717, 1.165) is 23.3 Å². The second-order valence-corrected chi connectivity index (χ2v) is 5.24. The highest BCUT2D eigenvalue weighted by atomic mass is 19.1. The van der Waals surface area contributed by atoms with E-state index in [4.69, 9.17) is 4.42 Å². The zero-order chi connectivity index (χ0) is 17.1. The number of anilines is 1. The van der Waals surface area contributed by atoms with Gasteiger partial charge in [-0.05, 0) is 24.6 Å². The van der Waals surface area contributed by atoms with Crippen LogP contribution in [0.5, 0.6) is 0 Å². The summed E-state index contributed by atoms with van der Waals surface area (Å²) in [6, 6.07) is 10.3. The molecule has 3 rings (SSSR count). The highest BCUT2D eigenvalue weighted by Crippen LogP contribution is 2.15. The molecule has 0 aliphatic carbocycles. The maximum absolute atomic E-state index is 13.6. The monoisotopic (exact) mass is 329 g/mol. The topological polar surface area (TPSA) is 68.0 Å². The number of amides is 1. The van der Waals surface area contributed by atoms with Crippen molar-refractivity contribution < 1.29 is 18.0 Å². The number of carbonyl (C=O) groups is 1. The van der Waals surface area contributed by atoms with Gasteiger partial charge in [0.05, 0.1) is 12.0 Å². The number of hydrogen-bond donors (Lipinski definition) is 1. The first-order valence-electron chi connectivity index (χ1n) is 7.15. The van der Waals surface area contributed by atoms with Gasteiger partial charge < -0.3 is 4.42 Å². The molecule has 5 nitrogen and oxygen atoms in total. The van der Waals surface area contributed by atoms with Crippen LogP contribution < -0.4 is 5.32 Å². The number of hydrogen-bond acceptors (Lipinski definition) is 4. The zero-order valence-corrected chi connectivity index (χ0v) is 12.7. The summed E-state index contributed by atoms with van der Waals surface area (Å²) < 4.78 is 31.7. The molecule has 0 fully saturated rings. The summed E-state index contributed by atoms with van der Waals surface area (Å²) in [5.41, 5.74) is 1.81. The summed E-state index contributed by atoms with van der Waals surface area (Å²) >= 11 is 0. The maximum Gasteiger partial charge on any atom is 0.322 e. The lowest BCUT2D eigenvalue weighted by molar-refractivity contribution is 0.102. The molecule has 1 heterocycles. The van der Waals surface area contributed by atoms with Gasteiger partial charge in [-0.3, -0.25) is 10.1 Å². The van der Waals surface area contributed by atoms with E-state index in [1.165, 1.54) is 0 Å². The number of nitrogens with zero attached hydrogens (tertiary/aromatic N) is 2. The number of aryl methyl sites for hydroxylation is 1. The Morgan fingerprint density at radius 2 is 1.88 bits per heavy atom. The number of carbonyl (C=O) groups excluding carboxylic acids is 1. The summed E-state index contributed by atoms with van der Waals surface area (Å²) in [6.07, 6.45) is 0.411. The van der Waals surface area contributed by atoms with Gasteiger partial charge in [-0.1, -0.05) is 34.9 Å². The first kappa shape index (κ1) is 15.8. The van der Waals surface area contributed by atoms with Crippen molar-refractivity contribution in [3.05, 3.63) is 76.7 Å². The van der Waals surface area contributed by atoms with Crippen LogP contribution in [-0.2, 0) is 6.42 Å². The van der Waals surface area contributed by atoms with E-state index in [1.54, 1.807) is 0 Å². The molecule has 0 bridgehead atoms. The van der Waals surface area contributed by atoms with Crippen molar-refractivity contribution in [3.8, 4) is 0 Å². The van der Waals surface area contributed by atoms with Crippen LogP contribution in [0.3, 0.4) is 0 Å². The molecule has 0 aliphatic rings. The lowest BCUT2D eigenvalue weighted by atomic mass is 10.1. The van der Waals surface area contributed by atoms with Crippen molar-refractivity contribution in [1.82, 2.24) is 10.2 Å². The predicted molar refractivity (Wildman–Crippen MR) is 82.6 cm³/mol. The largest absolute Gasteiger partial charge is 0.407 e. The molecule has 0 atom stereocenters. The molecule has 1 N–H and O–H groups in total. The average Bonchev–Trinajstić information content (AvgIpc) is 2.96. The van der Waals surface area contributed by atoms with E-state index in [2.05, 4.69) is 15.5 Å². The van der Waals surface area contributed by atoms with Gasteiger partial charge >= 0.3 is 6.01 Å². The van der Waals surface area contributed by atoms with Crippen LogP contribution in [0.4, 0.5) is 14.8 Å². The van der Waals surface area contributed by atoms with E-state index < -0.39 is 17.5 Å². The van der Waals surface area contributed by atoms with Crippen molar-refractivity contribution >= 4 is 11.9 Å². The van der Waals surface area contributed by atoms with Gasteiger partial charge in [0, 0.05) is 6.07 Å². The summed E-state index contributed by atoms with van der Waals surface area (Å²) in [4.78, 5) is 11.9. The number of halogens is 2.